The Morgan fingerprint density at radius 1 is 1.45 bits per heavy atom. The molecule has 0 aliphatic carbocycles. The maximum absolute atomic E-state index is 12.3. The number of carbonyl (C=O) groups excluding carboxylic acids is 2. The Balaban J connectivity index is 1.76. The van der Waals surface area contributed by atoms with Crippen molar-refractivity contribution in [2.75, 3.05) is 29.5 Å². The van der Waals surface area contributed by atoms with Gasteiger partial charge in [0.1, 0.15) is 0 Å². The number of hydrogen-bond donors (Lipinski definition) is 3. The van der Waals surface area contributed by atoms with Crippen molar-refractivity contribution in [2.24, 2.45) is 5.41 Å². The monoisotopic (exact) mass is 291 g/mol. The molecule has 5 nitrogen and oxygen atoms in total. The summed E-state index contributed by atoms with van der Waals surface area (Å²) in [5.74, 6) is 0.470. The number of carbonyl (C=O) groups is 2. The summed E-state index contributed by atoms with van der Waals surface area (Å²) < 4.78 is 0. The minimum absolute atomic E-state index is 0.00192. The molecule has 1 saturated heterocycles. The van der Waals surface area contributed by atoms with Crippen LogP contribution >= 0.6 is 11.8 Å². The molecule has 0 saturated carbocycles. The number of hydrogen-bond acceptors (Lipinski definition) is 4. The van der Waals surface area contributed by atoms with E-state index in [4.69, 9.17) is 0 Å². The Labute approximate surface area is 121 Å². The van der Waals surface area contributed by atoms with E-state index in [1.807, 2.05) is 25.1 Å². The van der Waals surface area contributed by atoms with E-state index in [2.05, 4.69) is 16.0 Å². The molecule has 3 N–H and O–H groups in total. The van der Waals surface area contributed by atoms with Gasteiger partial charge in [-0.3, -0.25) is 9.59 Å². The van der Waals surface area contributed by atoms with Crippen molar-refractivity contribution in [1.82, 2.24) is 5.32 Å². The smallest absolute Gasteiger partial charge is 0.234 e. The van der Waals surface area contributed by atoms with Crippen LogP contribution in [0.3, 0.4) is 0 Å². The molecule has 1 fully saturated rings. The normalized spacial score (nSPS) is 24.9. The van der Waals surface area contributed by atoms with E-state index in [0.717, 1.165) is 29.2 Å². The fourth-order valence-corrected chi connectivity index (χ4v) is 3.24. The number of rotatable bonds is 2. The summed E-state index contributed by atoms with van der Waals surface area (Å²) in [4.78, 5) is 24.8. The second kappa shape index (κ2) is 5.10. The van der Waals surface area contributed by atoms with Gasteiger partial charge in [-0.15, -0.1) is 11.8 Å². The molecule has 0 radical (unpaired) electrons. The van der Waals surface area contributed by atoms with Gasteiger partial charge in [0.25, 0.3) is 0 Å². The zero-order chi connectivity index (χ0) is 14.2. The Bertz CT molecular complexity index is 568. The molecule has 1 aromatic rings. The number of benzene rings is 1. The summed E-state index contributed by atoms with van der Waals surface area (Å²) in [7, 11) is 0. The van der Waals surface area contributed by atoms with Gasteiger partial charge in [0.15, 0.2) is 0 Å². The zero-order valence-electron chi connectivity index (χ0n) is 11.3. The second-order valence-corrected chi connectivity index (χ2v) is 6.51. The van der Waals surface area contributed by atoms with Crippen LogP contribution in [0.5, 0.6) is 0 Å². The number of amides is 2. The SMILES string of the molecule is CC1(C(=O)Nc2ccc3c(c2)NC(=O)CS3)CCNC1. The fourth-order valence-electron chi connectivity index (χ4n) is 2.45. The summed E-state index contributed by atoms with van der Waals surface area (Å²) in [5, 5.41) is 8.99. The van der Waals surface area contributed by atoms with Crippen molar-refractivity contribution in [3.05, 3.63) is 18.2 Å². The van der Waals surface area contributed by atoms with Crippen molar-refractivity contribution in [1.29, 1.82) is 0 Å². The predicted octanol–water partition coefficient (Wildman–Crippen LogP) is 1.67. The van der Waals surface area contributed by atoms with Crippen molar-refractivity contribution in [3.8, 4) is 0 Å². The Kier molecular flexibility index (Phi) is 3.43. The van der Waals surface area contributed by atoms with Gasteiger partial charge in [-0.25, -0.2) is 0 Å². The molecular formula is C14H17N3O2S. The molecule has 1 atom stereocenters. The summed E-state index contributed by atoms with van der Waals surface area (Å²) in [6, 6.07) is 5.64. The fraction of sp³-hybridized carbons (Fsp3) is 0.429. The highest BCUT2D eigenvalue weighted by atomic mass is 32.2. The zero-order valence-corrected chi connectivity index (χ0v) is 12.1. The second-order valence-electron chi connectivity index (χ2n) is 5.49. The third kappa shape index (κ3) is 2.53. The largest absolute Gasteiger partial charge is 0.326 e. The molecular weight excluding hydrogens is 274 g/mol. The molecule has 2 amide bonds. The van der Waals surface area contributed by atoms with E-state index in [-0.39, 0.29) is 17.2 Å². The first-order chi connectivity index (χ1) is 9.57. The standard InChI is InChI=1S/C14H17N3O2S/c1-14(4-5-15-8-14)13(19)16-9-2-3-11-10(6-9)17-12(18)7-20-11/h2-3,6,15H,4-5,7-8H2,1H3,(H,16,19)(H,17,18). The molecule has 20 heavy (non-hydrogen) atoms. The summed E-state index contributed by atoms with van der Waals surface area (Å²) in [6.45, 7) is 3.55. The van der Waals surface area contributed by atoms with E-state index in [1.165, 1.54) is 11.8 Å². The van der Waals surface area contributed by atoms with Crippen molar-refractivity contribution >= 4 is 35.0 Å². The highest BCUT2D eigenvalue weighted by molar-refractivity contribution is 8.00. The Hall–Kier alpha value is -1.53. The molecule has 1 unspecified atom stereocenters. The highest BCUT2D eigenvalue weighted by Gasteiger charge is 2.36. The lowest BCUT2D eigenvalue weighted by atomic mass is 9.89. The van der Waals surface area contributed by atoms with Gasteiger partial charge in [0.2, 0.25) is 11.8 Å². The molecule has 2 aliphatic heterocycles. The van der Waals surface area contributed by atoms with Crippen LogP contribution in [0.4, 0.5) is 11.4 Å². The highest BCUT2D eigenvalue weighted by Crippen LogP contribution is 2.34. The lowest BCUT2D eigenvalue weighted by Gasteiger charge is -2.22. The van der Waals surface area contributed by atoms with E-state index in [9.17, 15) is 9.59 Å². The van der Waals surface area contributed by atoms with Crippen molar-refractivity contribution in [2.45, 2.75) is 18.2 Å². The van der Waals surface area contributed by atoms with Crippen LogP contribution in [0, 0.1) is 5.41 Å². The maximum Gasteiger partial charge on any atom is 0.234 e. The molecule has 0 bridgehead atoms. The number of fused-ring (bicyclic) bond motifs is 1. The van der Waals surface area contributed by atoms with E-state index >= 15 is 0 Å². The Morgan fingerprint density at radius 2 is 2.30 bits per heavy atom. The first-order valence-corrected chi connectivity index (χ1v) is 7.64. The van der Waals surface area contributed by atoms with Gasteiger partial charge < -0.3 is 16.0 Å². The maximum atomic E-state index is 12.3. The van der Waals surface area contributed by atoms with Crippen LogP contribution in [-0.2, 0) is 9.59 Å². The predicted molar refractivity (Wildman–Crippen MR) is 80.0 cm³/mol. The molecule has 0 spiro atoms. The van der Waals surface area contributed by atoms with E-state index in [0.29, 0.717) is 12.3 Å². The van der Waals surface area contributed by atoms with Gasteiger partial charge in [0, 0.05) is 17.1 Å². The van der Waals surface area contributed by atoms with Crippen LogP contribution in [-0.4, -0.2) is 30.7 Å². The van der Waals surface area contributed by atoms with Crippen LogP contribution in [0.2, 0.25) is 0 Å². The third-order valence-electron chi connectivity index (χ3n) is 3.79. The van der Waals surface area contributed by atoms with Crippen LogP contribution in [0.1, 0.15) is 13.3 Å². The first kappa shape index (κ1) is 13.5. The van der Waals surface area contributed by atoms with Crippen LogP contribution < -0.4 is 16.0 Å². The molecule has 0 aromatic heterocycles. The molecule has 3 rings (SSSR count). The summed E-state index contributed by atoms with van der Waals surface area (Å²) in [5.41, 5.74) is 1.15. The van der Waals surface area contributed by atoms with Gasteiger partial charge >= 0.3 is 0 Å². The third-order valence-corrected chi connectivity index (χ3v) is 4.86. The number of nitrogens with one attached hydrogen (secondary N) is 3. The number of anilines is 2. The molecule has 2 heterocycles. The summed E-state index contributed by atoms with van der Waals surface area (Å²) in [6.07, 6.45) is 0.844. The minimum atomic E-state index is -0.353. The van der Waals surface area contributed by atoms with Crippen molar-refractivity contribution < 1.29 is 9.59 Å². The van der Waals surface area contributed by atoms with Gasteiger partial charge in [-0.1, -0.05) is 0 Å². The van der Waals surface area contributed by atoms with Crippen LogP contribution in [0.15, 0.2) is 23.1 Å². The average Bonchev–Trinajstić information content (AvgIpc) is 2.86. The quantitative estimate of drug-likeness (QED) is 0.775. The lowest BCUT2D eigenvalue weighted by molar-refractivity contribution is -0.123. The van der Waals surface area contributed by atoms with Crippen LogP contribution in [0.25, 0.3) is 0 Å². The van der Waals surface area contributed by atoms with E-state index < -0.39 is 0 Å². The van der Waals surface area contributed by atoms with E-state index in [1.54, 1.807) is 0 Å². The van der Waals surface area contributed by atoms with Gasteiger partial charge in [-0.2, -0.15) is 0 Å². The lowest BCUT2D eigenvalue weighted by Crippen LogP contribution is -2.35. The summed E-state index contributed by atoms with van der Waals surface area (Å²) >= 11 is 1.51. The molecule has 6 heteroatoms. The molecule has 2 aliphatic rings. The van der Waals surface area contributed by atoms with Gasteiger partial charge in [-0.05, 0) is 38.1 Å². The van der Waals surface area contributed by atoms with Gasteiger partial charge in [0.05, 0.1) is 16.9 Å². The molecule has 1 aromatic carbocycles. The van der Waals surface area contributed by atoms with Crippen molar-refractivity contribution in [3.63, 3.8) is 0 Å². The minimum Gasteiger partial charge on any atom is -0.326 e. The molecule has 106 valence electrons. The Morgan fingerprint density at radius 3 is 3.05 bits per heavy atom. The average molecular weight is 291 g/mol. The number of thioether (sulfide) groups is 1. The first-order valence-electron chi connectivity index (χ1n) is 6.66. The topological polar surface area (TPSA) is 70.2 Å².